The van der Waals surface area contributed by atoms with E-state index < -0.39 is 24.2 Å². The van der Waals surface area contributed by atoms with Crippen LogP contribution in [-0.4, -0.2) is 28.7 Å². The van der Waals surface area contributed by atoms with Crippen molar-refractivity contribution in [3.8, 4) is 11.5 Å². The molecule has 0 radical (unpaired) electrons. The van der Waals surface area contributed by atoms with Gasteiger partial charge in [0.05, 0.1) is 12.6 Å². The van der Waals surface area contributed by atoms with Crippen LogP contribution in [0.25, 0.3) is 0 Å². The van der Waals surface area contributed by atoms with Crippen LogP contribution in [0.1, 0.15) is 39.4 Å². The van der Waals surface area contributed by atoms with Gasteiger partial charge < -0.3 is 20.1 Å². The fraction of sp³-hybridized carbons (Fsp3) is 0.300. The van der Waals surface area contributed by atoms with E-state index in [1.807, 2.05) is 17.5 Å². The van der Waals surface area contributed by atoms with E-state index in [2.05, 4.69) is 15.7 Å². The molecule has 3 aromatic rings. The zero-order valence-electron chi connectivity index (χ0n) is 16.0. The number of nitrogens with one attached hydrogen (secondary N) is 2. The number of nitrogens with zero attached hydrogens (tertiary/aromatic N) is 2. The summed E-state index contributed by atoms with van der Waals surface area (Å²) in [7, 11) is 0. The normalized spacial score (nSPS) is 19.6. The molecule has 0 saturated heterocycles. The van der Waals surface area contributed by atoms with E-state index in [0.717, 1.165) is 9.56 Å². The first-order valence-electron chi connectivity index (χ1n) is 9.51. The number of fused-ring (bicyclic) bond motifs is 2. The minimum atomic E-state index is -4.53. The number of hydrogen-bond donors (Lipinski definition) is 2. The Balaban J connectivity index is 1.41. The Labute approximate surface area is 178 Å². The van der Waals surface area contributed by atoms with Gasteiger partial charge in [0.15, 0.2) is 23.2 Å². The highest BCUT2D eigenvalue weighted by Crippen LogP contribution is 2.45. The van der Waals surface area contributed by atoms with Crippen molar-refractivity contribution in [2.45, 2.75) is 31.2 Å². The molecule has 11 heteroatoms. The van der Waals surface area contributed by atoms with Crippen LogP contribution in [0.4, 0.5) is 19.0 Å². The molecule has 2 aromatic heterocycles. The number of benzene rings is 1. The molecule has 5 rings (SSSR count). The van der Waals surface area contributed by atoms with Crippen LogP contribution in [0.2, 0.25) is 0 Å². The lowest BCUT2D eigenvalue weighted by Gasteiger charge is -2.33. The summed E-state index contributed by atoms with van der Waals surface area (Å²) in [5.41, 5.74) is 0.564. The van der Waals surface area contributed by atoms with Gasteiger partial charge in [0, 0.05) is 17.4 Å². The van der Waals surface area contributed by atoms with Gasteiger partial charge >= 0.3 is 6.18 Å². The molecule has 1 aromatic carbocycles. The summed E-state index contributed by atoms with van der Waals surface area (Å²) in [5.74, 6) is 0.660. The van der Waals surface area contributed by atoms with Gasteiger partial charge in [-0.2, -0.15) is 18.3 Å². The second kappa shape index (κ2) is 7.49. The van der Waals surface area contributed by atoms with E-state index in [4.69, 9.17) is 9.47 Å². The van der Waals surface area contributed by atoms with Crippen molar-refractivity contribution >= 4 is 23.1 Å². The van der Waals surface area contributed by atoms with Crippen molar-refractivity contribution in [1.29, 1.82) is 0 Å². The lowest BCUT2D eigenvalue weighted by atomic mass is 9.96. The molecular weight excluding hydrogens is 433 g/mol. The van der Waals surface area contributed by atoms with Gasteiger partial charge in [-0.05, 0) is 29.1 Å². The standard InChI is InChI=1S/C20H17F3N4O3S/c21-20(22,23)17-7-13(11-3-4-15-16(6-11)30-10-29-15)25-18-8-14(26-27(17)18)19(28)24-9-12-2-1-5-31-12/h1-6,8,13,17,25H,7,9-10H2,(H,24,28)/t13-,17+/m0/s1. The summed E-state index contributed by atoms with van der Waals surface area (Å²) in [6, 6.07) is 7.63. The molecule has 0 saturated carbocycles. The minimum Gasteiger partial charge on any atom is -0.454 e. The minimum absolute atomic E-state index is 0.0698. The van der Waals surface area contributed by atoms with Crippen molar-refractivity contribution in [1.82, 2.24) is 15.1 Å². The van der Waals surface area contributed by atoms with Crippen LogP contribution in [0, 0.1) is 0 Å². The molecule has 0 fully saturated rings. The lowest BCUT2D eigenvalue weighted by Crippen LogP contribution is -2.35. The second-order valence-corrected chi connectivity index (χ2v) is 8.26. The number of anilines is 1. The summed E-state index contributed by atoms with van der Waals surface area (Å²) < 4.78 is 53.0. The van der Waals surface area contributed by atoms with Crippen molar-refractivity contribution in [3.63, 3.8) is 0 Å². The van der Waals surface area contributed by atoms with Gasteiger partial charge in [0.25, 0.3) is 5.91 Å². The highest BCUT2D eigenvalue weighted by Gasteiger charge is 2.47. The van der Waals surface area contributed by atoms with Crippen LogP contribution >= 0.6 is 11.3 Å². The molecule has 162 valence electrons. The Morgan fingerprint density at radius 1 is 1.26 bits per heavy atom. The summed E-state index contributed by atoms with van der Waals surface area (Å²) in [4.78, 5) is 13.4. The third-order valence-corrected chi connectivity index (χ3v) is 6.10. The SMILES string of the molecule is O=C(NCc1cccs1)c1cc2n(n1)[C@@H](C(F)(F)F)C[C@@H](c1ccc3c(c1)OCO3)N2. The summed E-state index contributed by atoms with van der Waals surface area (Å²) in [6.45, 7) is 0.368. The number of ether oxygens (including phenoxy) is 2. The van der Waals surface area contributed by atoms with Crippen molar-refractivity contribution in [3.05, 3.63) is 57.9 Å². The maximum Gasteiger partial charge on any atom is 0.410 e. The van der Waals surface area contributed by atoms with Crippen LogP contribution in [0.15, 0.2) is 41.8 Å². The Morgan fingerprint density at radius 3 is 2.87 bits per heavy atom. The largest absolute Gasteiger partial charge is 0.454 e. The molecule has 7 nitrogen and oxygen atoms in total. The quantitative estimate of drug-likeness (QED) is 0.621. The molecule has 0 bridgehead atoms. The molecule has 2 atom stereocenters. The molecule has 31 heavy (non-hydrogen) atoms. The van der Waals surface area contributed by atoms with E-state index >= 15 is 0 Å². The van der Waals surface area contributed by atoms with E-state index in [1.54, 1.807) is 18.2 Å². The Hall–Kier alpha value is -3.21. The molecule has 0 unspecified atom stereocenters. The number of halogens is 3. The second-order valence-electron chi connectivity index (χ2n) is 7.22. The Morgan fingerprint density at radius 2 is 2.10 bits per heavy atom. The third-order valence-electron chi connectivity index (χ3n) is 5.22. The lowest BCUT2D eigenvalue weighted by molar-refractivity contribution is -0.173. The van der Waals surface area contributed by atoms with Gasteiger partial charge in [0.1, 0.15) is 5.82 Å². The molecule has 2 aliphatic rings. The number of rotatable bonds is 4. The van der Waals surface area contributed by atoms with Crippen molar-refractivity contribution < 1.29 is 27.4 Å². The van der Waals surface area contributed by atoms with Gasteiger partial charge in [0.2, 0.25) is 6.79 Å². The van der Waals surface area contributed by atoms with Gasteiger partial charge in [-0.1, -0.05) is 12.1 Å². The van der Waals surface area contributed by atoms with Crippen molar-refractivity contribution in [2.75, 3.05) is 12.1 Å². The molecule has 0 aliphatic carbocycles. The smallest absolute Gasteiger partial charge is 0.410 e. The Kier molecular flexibility index (Phi) is 4.77. The highest BCUT2D eigenvalue weighted by atomic mass is 32.1. The predicted octanol–water partition coefficient (Wildman–Crippen LogP) is 4.26. The number of alkyl halides is 3. The number of amides is 1. The maximum atomic E-state index is 13.8. The van der Waals surface area contributed by atoms with E-state index in [0.29, 0.717) is 17.1 Å². The van der Waals surface area contributed by atoms with E-state index in [1.165, 1.54) is 17.4 Å². The molecule has 4 heterocycles. The average molecular weight is 450 g/mol. The summed E-state index contributed by atoms with van der Waals surface area (Å²) in [5, 5.41) is 11.6. The molecular formula is C20H17F3N4O3S. The van der Waals surface area contributed by atoms with Crippen LogP contribution in [-0.2, 0) is 6.54 Å². The summed E-state index contributed by atoms with van der Waals surface area (Å²) in [6.07, 6.45) is -4.80. The van der Waals surface area contributed by atoms with Crippen LogP contribution < -0.4 is 20.1 Å². The van der Waals surface area contributed by atoms with E-state index in [-0.39, 0.29) is 31.3 Å². The number of carbonyl (C=O) groups is 1. The summed E-state index contributed by atoms with van der Waals surface area (Å²) >= 11 is 1.48. The number of aromatic nitrogens is 2. The van der Waals surface area contributed by atoms with E-state index in [9.17, 15) is 18.0 Å². The number of hydrogen-bond acceptors (Lipinski definition) is 6. The van der Waals surface area contributed by atoms with Gasteiger partial charge in [-0.15, -0.1) is 11.3 Å². The number of thiophene rings is 1. The fourth-order valence-corrected chi connectivity index (χ4v) is 4.35. The zero-order valence-corrected chi connectivity index (χ0v) is 16.8. The maximum absolute atomic E-state index is 13.8. The predicted molar refractivity (Wildman–Crippen MR) is 106 cm³/mol. The first kappa shape index (κ1) is 19.7. The third kappa shape index (κ3) is 3.80. The number of carbonyl (C=O) groups excluding carboxylic acids is 1. The van der Waals surface area contributed by atoms with Crippen LogP contribution in [0.5, 0.6) is 11.5 Å². The highest BCUT2D eigenvalue weighted by molar-refractivity contribution is 7.09. The Bertz CT molecular complexity index is 1110. The zero-order chi connectivity index (χ0) is 21.6. The monoisotopic (exact) mass is 450 g/mol. The van der Waals surface area contributed by atoms with Gasteiger partial charge in [-0.25, -0.2) is 4.68 Å². The fourth-order valence-electron chi connectivity index (χ4n) is 3.70. The molecule has 2 aliphatic heterocycles. The molecule has 2 N–H and O–H groups in total. The first-order chi connectivity index (χ1) is 14.9. The average Bonchev–Trinajstić information content (AvgIpc) is 3.50. The molecule has 0 spiro atoms. The van der Waals surface area contributed by atoms with Crippen molar-refractivity contribution in [2.24, 2.45) is 0 Å². The van der Waals surface area contributed by atoms with Gasteiger partial charge in [-0.3, -0.25) is 4.79 Å². The molecule has 1 amide bonds. The first-order valence-corrected chi connectivity index (χ1v) is 10.4. The topological polar surface area (TPSA) is 77.4 Å². The van der Waals surface area contributed by atoms with Crippen LogP contribution in [0.3, 0.4) is 0 Å².